The Morgan fingerprint density at radius 1 is 1.25 bits per heavy atom. The third kappa shape index (κ3) is 4.40. The van der Waals surface area contributed by atoms with Gasteiger partial charge in [-0.3, -0.25) is 4.79 Å². The summed E-state index contributed by atoms with van der Waals surface area (Å²) in [5.74, 6) is -1.06. The number of thiophene rings is 1. The van der Waals surface area contributed by atoms with E-state index in [1.807, 2.05) is 45.8 Å². The Morgan fingerprint density at radius 2 is 1.91 bits per heavy atom. The van der Waals surface area contributed by atoms with E-state index >= 15 is 0 Å². The Balaban J connectivity index is 2.27. The van der Waals surface area contributed by atoms with Crippen molar-refractivity contribution in [1.82, 2.24) is 10.1 Å². The molecule has 3 rings (SSSR count). The summed E-state index contributed by atoms with van der Waals surface area (Å²) in [6.45, 7) is 8.16. The van der Waals surface area contributed by atoms with Crippen LogP contribution >= 0.6 is 22.9 Å². The highest BCUT2D eigenvalue weighted by atomic mass is 35.5. The molecule has 0 aliphatic rings. The number of rotatable bonds is 7. The van der Waals surface area contributed by atoms with Gasteiger partial charge in [-0.2, -0.15) is 0 Å². The average Bonchev–Trinajstić information content (AvgIpc) is 3.25. The number of anilines is 1. The Labute approximate surface area is 196 Å². The van der Waals surface area contributed by atoms with Crippen LogP contribution in [0.15, 0.2) is 20.9 Å². The normalized spacial score (nSPS) is 11.9. The monoisotopic (exact) mass is 496 g/mol. The van der Waals surface area contributed by atoms with E-state index in [0.29, 0.717) is 17.8 Å². The highest BCUT2D eigenvalue weighted by molar-refractivity contribution is 7.93. The van der Waals surface area contributed by atoms with E-state index in [4.69, 9.17) is 21.9 Å². The van der Waals surface area contributed by atoms with E-state index in [2.05, 4.69) is 9.88 Å². The van der Waals surface area contributed by atoms with Gasteiger partial charge in [-0.15, -0.1) is 11.3 Å². The van der Waals surface area contributed by atoms with Crippen molar-refractivity contribution < 1.29 is 17.7 Å². The molecule has 0 unspecified atom stereocenters. The first-order valence-electron chi connectivity index (χ1n) is 9.65. The molecule has 0 spiro atoms. The molecule has 2 heterocycles. The molecule has 0 bridgehead atoms. The molecule has 0 aliphatic heterocycles. The minimum absolute atomic E-state index is 0.0435. The number of amides is 1. The number of hydrogen-bond acceptors (Lipinski definition) is 7. The van der Waals surface area contributed by atoms with Gasteiger partial charge in [0, 0.05) is 17.5 Å². The molecular weight excluding hydrogens is 472 g/mol. The number of halogens is 1. The summed E-state index contributed by atoms with van der Waals surface area (Å²) in [4.78, 5) is 13.9. The number of benzene rings is 1. The zero-order valence-corrected chi connectivity index (χ0v) is 21.0. The fraction of sp³-hybridized carbons (Fsp3) is 0.333. The predicted octanol–water partition coefficient (Wildman–Crippen LogP) is 4.25. The van der Waals surface area contributed by atoms with Crippen molar-refractivity contribution >= 4 is 44.8 Å². The number of aromatic nitrogens is 1. The molecule has 11 heteroatoms. The summed E-state index contributed by atoms with van der Waals surface area (Å²) in [6.07, 6.45) is 0. The van der Waals surface area contributed by atoms with E-state index in [-0.39, 0.29) is 20.7 Å². The van der Waals surface area contributed by atoms with Crippen molar-refractivity contribution in [3.8, 4) is 11.1 Å². The molecule has 8 nitrogen and oxygen atoms in total. The van der Waals surface area contributed by atoms with E-state index in [1.165, 1.54) is 0 Å². The lowest BCUT2D eigenvalue weighted by atomic mass is 9.90. The van der Waals surface area contributed by atoms with Gasteiger partial charge in [0.2, 0.25) is 0 Å². The second-order valence-electron chi connectivity index (χ2n) is 7.92. The standard InChI is InChI=1S/C21H25ClN4O4S2/c1-10-7-11(2)16(12(3)14(10)8-26(5)6)15-9-31-18(20(23)27)19(15)32(28,29)25-21-17(22)13(4)24-30-21/h7,9,25H,8H2,1-6H3,(H2,23,27). The van der Waals surface area contributed by atoms with Gasteiger partial charge in [0.1, 0.15) is 20.5 Å². The van der Waals surface area contributed by atoms with Crippen molar-refractivity contribution in [2.24, 2.45) is 5.73 Å². The van der Waals surface area contributed by atoms with Crippen LogP contribution < -0.4 is 10.5 Å². The van der Waals surface area contributed by atoms with Crippen LogP contribution in [-0.2, 0) is 16.6 Å². The smallest absolute Gasteiger partial charge is 0.266 e. The summed E-state index contributed by atoms with van der Waals surface area (Å²) in [6, 6.07) is 2.02. The topological polar surface area (TPSA) is 119 Å². The Bertz CT molecular complexity index is 1310. The number of sulfonamides is 1. The molecule has 0 saturated carbocycles. The first kappa shape index (κ1) is 24.2. The van der Waals surface area contributed by atoms with Gasteiger partial charge in [0.05, 0.1) is 0 Å². The number of nitrogens with two attached hydrogens (primary N) is 1. The largest absolute Gasteiger partial charge is 0.365 e. The molecule has 0 atom stereocenters. The third-order valence-corrected chi connectivity index (χ3v) is 8.12. The van der Waals surface area contributed by atoms with Gasteiger partial charge in [-0.05, 0) is 69.6 Å². The highest BCUT2D eigenvalue weighted by Gasteiger charge is 2.32. The number of nitrogens with one attached hydrogen (secondary N) is 1. The predicted molar refractivity (Wildman–Crippen MR) is 127 cm³/mol. The highest BCUT2D eigenvalue weighted by Crippen LogP contribution is 2.41. The molecule has 0 fully saturated rings. The number of carbonyl (C=O) groups excluding carboxylic acids is 1. The molecule has 172 valence electrons. The van der Waals surface area contributed by atoms with Gasteiger partial charge in [-0.1, -0.05) is 22.8 Å². The summed E-state index contributed by atoms with van der Waals surface area (Å²) >= 11 is 7.08. The number of carbonyl (C=O) groups is 1. The lowest BCUT2D eigenvalue weighted by molar-refractivity contribution is 0.100. The summed E-state index contributed by atoms with van der Waals surface area (Å²) < 4.78 is 34.2. The molecular formula is C21H25ClN4O4S2. The lowest BCUT2D eigenvalue weighted by Gasteiger charge is -2.20. The number of primary amides is 1. The van der Waals surface area contributed by atoms with Crippen LogP contribution in [0, 0.1) is 27.7 Å². The van der Waals surface area contributed by atoms with Crippen LogP contribution in [0.4, 0.5) is 5.88 Å². The lowest BCUT2D eigenvalue weighted by Crippen LogP contribution is -2.19. The van der Waals surface area contributed by atoms with Crippen molar-refractivity contribution in [2.75, 3.05) is 18.8 Å². The maximum Gasteiger partial charge on any atom is 0.266 e. The molecule has 3 N–H and O–H groups in total. The van der Waals surface area contributed by atoms with Crippen molar-refractivity contribution in [3.63, 3.8) is 0 Å². The van der Waals surface area contributed by atoms with Crippen molar-refractivity contribution in [3.05, 3.63) is 49.3 Å². The van der Waals surface area contributed by atoms with Gasteiger partial charge >= 0.3 is 0 Å². The molecule has 1 amide bonds. The molecule has 0 radical (unpaired) electrons. The summed E-state index contributed by atoms with van der Waals surface area (Å²) in [5, 5.41) is 5.36. The number of aryl methyl sites for hydroxylation is 3. The van der Waals surface area contributed by atoms with Crippen LogP contribution in [0.5, 0.6) is 0 Å². The van der Waals surface area contributed by atoms with Crippen LogP contribution in [0.1, 0.15) is 37.6 Å². The van der Waals surface area contributed by atoms with Crippen molar-refractivity contribution in [2.45, 2.75) is 39.1 Å². The average molecular weight is 497 g/mol. The summed E-state index contributed by atoms with van der Waals surface area (Å²) in [7, 11) is -0.343. The van der Waals surface area contributed by atoms with E-state index in [9.17, 15) is 13.2 Å². The van der Waals surface area contributed by atoms with E-state index in [0.717, 1.165) is 39.2 Å². The fourth-order valence-electron chi connectivity index (χ4n) is 3.75. The van der Waals surface area contributed by atoms with Crippen molar-refractivity contribution in [1.29, 1.82) is 0 Å². The van der Waals surface area contributed by atoms with Gasteiger partial charge in [0.25, 0.3) is 21.8 Å². The first-order chi connectivity index (χ1) is 14.8. The van der Waals surface area contributed by atoms with E-state index < -0.39 is 15.9 Å². The fourth-order valence-corrected chi connectivity index (χ4v) is 6.56. The molecule has 32 heavy (non-hydrogen) atoms. The minimum Gasteiger partial charge on any atom is -0.365 e. The maximum absolute atomic E-state index is 13.4. The first-order valence-corrected chi connectivity index (χ1v) is 12.4. The van der Waals surface area contributed by atoms with Gasteiger partial charge < -0.3 is 15.2 Å². The van der Waals surface area contributed by atoms with Crippen LogP contribution in [0.3, 0.4) is 0 Å². The summed E-state index contributed by atoms with van der Waals surface area (Å²) in [5.41, 5.74) is 11.0. The Kier molecular flexibility index (Phi) is 6.71. The quantitative estimate of drug-likeness (QED) is 0.504. The third-order valence-electron chi connectivity index (χ3n) is 5.13. The van der Waals surface area contributed by atoms with Crippen LogP contribution in [0.25, 0.3) is 11.1 Å². The molecule has 0 aliphatic carbocycles. The Hall–Kier alpha value is -2.40. The van der Waals surface area contributed by atoms with Gasteiger partial charge in [-0.25, -0.2) is 13.1 Å². The van der Waals surface area contributed by atoms with Gasteiger partial charge in [0.15, 0.2) is 0 Å². The second-order valence-corrected chi connectivity index (χ2v) is 10.8. The molecule has 3 aromatic rings. The zero-order valence-electron chi connectivity index (χ0n) is 18.7. The molecule has 0 saturated heterocycles. The number of hydrogen-bond donors (Lipinski definition) is 2. The zero-order chi connectivity index (χ0) is 24.0. The SMILES string of the molecule is Cc1cc(C)c(-c2csc(C(N)=O)c2S(=O)(=O)Nc2onc(C)c2Cl)c(C)c1CN(C)C. The minimum atomic E-state index is -4.28. The molecule has 2 aromatic heterocycles. The Morgan fingerprint density at radius 3 is 2.44 bits per heavy atom. The van der Waals surface area contributed by atoms with Crippen LogP contribution in [-0.4, -0.2) is 38.5 Å². The maximum atomic E-state index is 13.4. The second kappa shape index (κ2) is 8.86. The van der Waals surface area contributed by atoms with Crippen LogP contribution in [0.2, 0.25) is 5.02 Å². The molecule has 1 aromatic carbocycles. The number of nitrogens with zero attached hydrogens (tertiary/aromatic N) is 2. The van der Waals surface area contributed by atoms with E-state index in [1.54, 1.807) is 12.3 Å².